The first-order chi connectivity index (χ1) is 7.61. The van der Waals surface area contributed by atoms with Crippen molar-refractivity contribution in [2.45, 2.75) is 0 Å². The number of rotatable bonds is 4. The first-order valence-corrected chi connectivity index (χ1v) is 4.70. The highest BCUT2D eigenvalue weighted by molar-refractivity contribution is 5.91. The summed E-state index contributed by atoms with van der Waals surface area (Å²) in [6, 6.07) is -0.198. The lowest BCUT2D eigenvalue weighted by Gasteiger charge is -2.11. The van der Waals surface area contributed by atoms with Crippen LogP contribution >= 0.6 is 0 Å². The van der Waals surface area contributed by atoms with E-state index in [-0.39, 0.29) is 17.6 Å². The molecule has 0 saturated carbocycles. The lowest BCUT2D eigenvalue weighted by molar-refractivity contribution is 0.0948. The van der Waals surface area contributed by atoms with E-state index in [1.807, 2.05) is 0 Å². The second-order valence-corrected chi connectivity index (χ2v) is 3.24. The van der Waals surface area contributed by atoms with Crippen LogP contribution in [-0.4, -0.2) is 59.4 Å². The predicted octanol–water partition coefficient (Wildman–Crippen LogP) is -1.19. The van der Waals surface area contributed by atoms with E-state index in [0.29, 0.717) is 13.1 Å². The number of carbonyl (C=O) groups excluding carboxylic acids is 2. The normalized spacial score (nSPS) is 9.62. The van der Waals surface area contributed by atoms with Gasteiger partial charge in [-0.3, -0.25) is 4.79 Å². The Hall–Kier alpha value is -2.12. The van der Waals surface area contributed by atoms with Crippen LogP contribution in [0.15, 0.2) is 6.20 Å². The van der Waals surface area contributed by atoms with Crippen molar-refractivity contribution in [3.05, 3.63) is 11.9 Å². The number of urea groups is 1. The summed E-state index contributed by atoms with van der Waals surface area (Å²) in [7, 11) is 3.28. The van der Waals surface area contributed by atoms with E-state index in [2.05, 4.69) is 26.0 Å². The third kappa shape index (κ3) is 3.56. The van der Waals surface area contributed by atoms with Crippen LogP contribution in [-0.2, 0) is 0 Å². The Morgan fingerprint density at radius 2 is 2.06 bits per heavy atom. The highest BCUT2D eigenvalue weighted by atomic mass is 16.2. The van der Waals surface area contributed by atoms with Gasteiger partial charge in [-0.2, -0.15) is 15.4 Å². The summed E-state index contributed by atoms with van der Waals surface area (Å²) >= 11 is 0. The van der Waals surface area contributed by atoms with E-state index in [0.717, 1.165) is 0 Å². The van der Waals surface area contributed by atoms with Crippen molar-refractivity contribution < 1.29 is 9.59 Å². The number of nitrogens with zero attached hydrogens (tertiary/aromatic N) is 3. The summed E-state index contributed by atoms with van der Waals surface area (Å²) in [5.41, 5.74) is 0.221. The molecule has 0 unspecified atom stereocenters. The molecule has 0 aliphatic carbocycles. The Morgan fingerprint density at radius 1 is 1.38 bits per heavy atom. The number of hydrogen-bond acceptors (Lipinski definition) is 4. The minimum atomic E-state index is -0.326. The maximum atomic E-state index is 11.3. The van der Waals surface area contributed by atoms with Crippen LogP contribution in [0.1, 0.15) is 10.5 Å². The molecule has 0 bridgehead atoms. The average molecular weight is 226 g/mol. The maximum Gasteiger partial charge on any atom is 0.316 e. The van der Waals surface area contributed by atoms with Crippen molar-refractivity contribution in [1.82, 2.24) is 30.9 Å². The number of hydrogen-bond donors (Lipinski definition) is 3. The molecule has 8 nitrogen and oxygen atoms in total. The fraction of sp³-hybridized carbons (Fsp3) is 0.500. The summed E-state index contributed by atoms with van der Waals surface area (Å²) in [6.45, 7) is 0.700. The fourth-order valence-corrected chi connectivity index (χ4v) is 0.905. The van der Waals surface area contributed by atoms with Gasteiger partial charge in [-0.25, -0.2) is 4.79 Å². The molecule has 0 atom stereocenters. The molecule has 16 heavy (non-hydrogen) atoms. The SMILES string of the molecule is CN(C)C(=O)NCCNC(=O)c1cn[nH]n1. The van der Waals surface area contributed by atoms with Gasteiger partial charge in [-0.1, -0.05) is 0 Å². The van der Waals surface area contributed by atoms with Gasteiger partial charge < -0.3 is 15.5 Å². The van der Waals surface area contributed by atoms with E-state index in [1.165, 1.54) is 11.1 Å². The van der Waals surface area contributed by atoms with Gasteiger partial charge in [-0.15, -0.1) is 0 Å². The second kappa shape index (κ2) is 5.69. The van der Waals surface area contributed by atoms with Gasteiger partial charge >= 0.3 is 6.03 Å². The Morgan fingerprint density at radius 3 is 2.62 bits per heavy atom. The van der Waals surface area contributed by atoms with E-state index in [4.69, 9.17) is 0 Å². The standard InChI is InChI=1S/C8H14N6O2/c1-14(2)8(16)10-4-3-9-7(15)6-5-11-13-12-6/h5H,3-4H2,1-2H3,(H,9,15)(H,10,16)(H,11,12,13). The van der Waals surface area contributed by atoms with E-state index < -0.39 is 0 Å². The van der Waals surface area contributed by atoms with E-state index >= 15 is 0 Å². The zero-order valence-electron chi connectivity index (χ0n) is 9.15. The Kier molecular flexibility index (Phi) is 4.25. The first-order valence-electron chi connectivity index (χ1n) is 4.70. The Bertz CT molecular complexity index is 347. The van der Waals surface area contributed by atoms with Gasteiger partial charge in [-0.05, 0) is 0 Å². The number of amides is 3. The van der Waals surface area contributed by atoms with Gasteiger partial charge in [0.25, 0.3) is 5.91 Å². The Balaban J connectivity index is 2.17. The van der Waals surface area contributed by atoms with Crippen LogP contribution in [0.3, 0.4) is 0 Å². The van der Waals surface area contributed by atoms with Crippen molar-refractivity contribution in [1.29, 1.82) is 0 Å². The molecule has 0 spiro atoms. The molecule has 0 aliphatic heterocycles. The molecular weight excluding hydrogens is 212 g/mol. The van der Waals surface area contributed by atoms with Crippen LogP contribution in [0.25, 0.3) is 0 Å². The van der Waals surface area contributed by atoms with Crippen molar-refractivity contribution in [3.63, 3.8) is 0 Å². The monoisotopic (exact) mass is 226 g/mol. The molecule has 3 N–H and O–H groups in total. The van der Waals surface area contributed by atoms with Crippen LogP contribution < -0.4 is 10.6 Å². The molecule has 0 aromatic carbocycles. The zero-order chi connectivity index (χ0) is 12.0. The van der Waals surface area contributed by atoms with E-state index in [9.17, 15) is 9.59 Å². The van der Waals surface area contributed by atoms with Crippen molar-refractivity contribution in [2.75, 3.05) is 27.2 Å². The number of carbonyl (C=O) groups is 2. The molecule has 0 radical (unpaired) electrons. The highest BCUT2D eigenvalue weighted by Crippen LogP contribution is 1.86. The first kappa shape index (κ1) is 12.0. The zero-order valence-corrected chi connectivity index (χ0v) is 9.15. The molecule has 1 heterocycles. The minimum absolute atomic E-state index is 0.198. The number of nitrogens with one attached hydrogen (secondary N) is 3. The minimum Gasteiger partial charge on any atom is -0.349 e. The summed E-state index contributed by atoms with van der Waals surface area (Å²) in [5, 5.41) is 14.7. The number of aromatic amines is 1. The summed E-state index contributed by atoms with van der Waals surface area (Å²) in [6.07, 6.45) is 1.33. The van der Waals surface area contributed by atoms with Gasteiger partial charge in [0.1, 0.15) is 0 Å². The second-order valence-electron chi connectivity index (χ2n) is 3.24. The largest absolute Gasteiger partial charge is 0.349 e. The lowest BCUT2D eigenvalue weighted by atomic mass is 10.4. The van der Waals surface area contributed by atoms with Crippen molar-refractivity contribution >= 4 is 11.9 Å². The lowest BCUT2D eigenvalue weighted by Crippen LogP contribution is -2.39. The topological polar surface area (TPSA) is 103 Å². The highest BCUT2D eigenvalue weighted by Gasteiger charge is 2.07. The molecule has 0 fully saturated rings. The molecular formula is C8H14N6O2. The van der Waals surface area contributed by atoms with Crippen molar-refractivity contribution in [2.24, 2.45) is 0 Å². The molecule has 3 amide bonds. The molecule has 1 rings (SSSR count). The fourth-order valence-electron chi connectivity index (χ4n) is 0.905. The quantitative estimate of drug-likeness (QED) is 0.561. The van der Waals surface area contributed by atoms with Gasteiger partial charge in [0.15, 0.2) is 5.69 Å². The third-order valence-electron chi connectivity index (χ3n) is 1.74. The van der Waals surface area contributed by atoms with Gasteiger partial charge in [0.2, 0.25) is 0 Å². The summed E-state index contributed by atoms with van der Waals surface area (Å²) < 4.78 is 0. The van der Waals surface area contributed by atoms with Crippen LogP contribution in [0, 0.1) is 0 Å². The maximum absolute atomic E-state index is 11.3. The molecule has 88 valence electrons. The Labute approximate surface area is 92.4 Å². The van der Waals surface area contributed by atoms with Crippen LogP contribution in [0.5, 0.6) is 0 Å². The molecule has 8 heteroatoms. The number of H-pyrrole nitrogens is 1. The molecule has 0 saturated heterocycles. The number of aromatic nitrogens is 3. The van der Waals surface area contributed by atoms with Crippen LogP contribution in [0.2, 0.25) is 0 Å². The van der Waals surface area contributed by atoms with Gasteiger partial charge in [0, 0.05) is 27.2 Å². The van der Waals surface area contributed by atoms with Crippen LogP contribution in [0.4, 0.5) is 4.79 Å². The average Bonchev–Trinajstić information content (AvgIpc) is 2.76. The van der Waals surface area contributed by atoms with Crippen molar-refractivity contribution in [3.8, 4) is 0 Å². The third-order valence-corrected chi connectivity index (χ3v) is 1.74. The summed E-state index contributed by atoms with van der Waals surface area (Å²) in [5.74, 6) is -0.326. The smallest absolute Gasteiger partial charge is 0.316 e. The predicted molar refractivity (Wildman–Crippen MR) is 55.8 cm³/mol. The summed E-state index contributed by atoms with van der Waals surface area (Å²) in [4.78, 5) is 23.8. The molecule has 0 aliphatic rings. The molecule has 1 aromatic heterocycles. The van der Waals surface area contributed by atoms with Gasteiger partial charge in [0.05, 0.1) is 6.20 Å². The molecule has 1 aromatic rings. The van der Waals surface area contributed by atoms with E-state index in [1.54, 1.807) is 14.1 Å².